The summed E-state index contributed by atoms with van der Waals surface area (Å²) in [6, 6.07) is 8.63. The molecule has 0 aliphatic carbocycles. The Morgan fingerprint density at radius 2 is 2.14 bits per heavy atom. The van der Waals surface area contributed by atoms with E-state index in [9.17, 15) is 9.59 Å². The first kappa shape index (κ1) is 13.1. The van der Waals surface area contributed by atoms with Crippen LogP contribution in [0.2, 0.25) is 0 Å². The number of pyridine rings is 1. The van der Waals surface area contributed by atoms with Crippen LogP contribution in [-0.2, 0) is 6.54 Å². The van der Waals surface area contributed by atoms with E-state index in [1.54, 1.807) is 0 Å². The van der Waals surface area contributed by atoms with Gasteiger partial charge in [0.1, 0.15) is 5.82 Å². The van der Waals surface area contributed by atoms with E-state index in [1.165, 1.54) is 18.3 Å². The van der Waals surface area contributed by atoms with Gasteiger partial charge in [-0.15, -0.1) is 0 Å². The minimum Gasteiger partial charge on any atom is -0.348 e. The molecule has 21 heavy (non-hydrogen) atoms. The van der Waals surface area contributed by atoms with E-state index in [4.69, 9.17) is 0 Å². The Morgan fingerprint density at radius 3 is 2.90 bits per heavy atom. The lowest BCUT2D eigenvalue weighted by atomic mass is 10.2. The van der Waals surface area contributed by atoms with Crippen LogP contribution in [0.1, 0.15) is 21.7 Å². The van der Waals surface area contributed by atoms with Gasteiger partial charge in [-0.1, -0.05) is 6.07 Å². The monoisotopic (exact) mass is 282 g/mol. The van der Waals surface area contributed by atoms with Gasteiger partial charge in [0.2, 0.25) is 5.56 Å². The Labute approximate surface area is 120 Å². The van der Waals surface area contributed by atoms with Crippen LogP contribution in [0.4, 0.5) is 0 Å². The van der Waals surface area contributed by atoms with Crippen molar-refractivity contribution in [1.82, 2.24) is 20.3 Å². The van der Waals surface area contributed by atoms with E-state index >= 15 is 0 Å². The Bertz CT molecular complexity index is 843. The zero-order valence-electron chi connectivity index (χ0n) is 11.4. The summed E-state index contributed by atoms with van der Waals surface area (Å²) in [7, 11) is 0. The first-order valence-electron chi connectivity index (χ1n) is 6.54. The molecule has 0 bridgehead atoms. The second-order valence-electron chi connectivity index (χ2n) is 4.80. The molecule has 3 rings (SSSR count). The Kier molecular flexibility index (Phi) is 3.27. The third kappa shape index (κ3) is 2.84. The molecule has 6 heteroatoms. The van der Waals surface area contributed by atoms with E-state index < -0.39 is 0 Å². The molecule has 1 amide bonds. The summed E-state index contributed by atoms with van der Waals surface area (Å²) in [4.78, 5) is 32.9. The number of benzene rings is 1. The highest BCUT2D eigenvalue weighted by atomic mass is 16.1. The van der Waals surface area contributed by atoms with Gasteiger partial charge in [-0.25, -0.2) is 4.98 Å². The fourth-order valence-corrected chi connectivity index (χ4v) is 2.13. The lowest BCUT2D eigenvalue weighted by Crippen LogP contribution is -2.23. The van der Waals surface area contributed by atoms with E-state index in [2.05, 4.69) is 20.3 Å². The second kappa shape index (κ2) is 5.24. The van der Waals surface area contributed by atoms with Gasteiger partial charge in [0.25, 0.3) is 5.91 Å². The molecule has 0 aliphatic heterocycles. The Morgan fingerprint density at radius 1 is 1.29 bits per heavy atom. The molecule has 0 fully saturated rings. The zero-order chi connectivity index (χ0) is 14.8. The fraction of sp³-hybridized carbons (Fsp3) is 0.133. The van der Waals surface area contributed by atoms with Crippen molar-refractivity contribution in [2.75, 3.05) is 0 Å². The minimum atomic E-state index is -0.230. The van der Waals surface area contributed by atoms with Crippen LogP contribution in [0, 0.1) is 6.92 Å². The van der Waals surface area contributed by atoms with Crippen LogP contribution in [-0.4, -0.2) is 20.9 Å². The number of amides is 1. The molecule has 3 aromatic rings. The van der Waals surface area contributed by atoms with Gasteiger partial charge in [0, 0.05) is 18.8 Å². The molecule has 2 heterocycles. The number of carbonyl (C=O) groups excluding carboxylic acids is 1. The quantitative estimate of drug-likeness (QED) is 0.679. The van der Waals surface area contributed by atoms with Crippen molar-refractivity contribution in [2.24, 2.45) is 0 Å². The van der Waals surface area contributed by atoms with Gasteiger partial charge >= 0.3 is 0 Å². The maximum absolute atomic E-state index is 11.9. The largest absolute Gasteiger partial charge is 0.348 e. The zero-order valence-corrected chi connectivity index (χ0v) is 11.4. The van der Waals surface area contributed by atoms with E-state index in [-0.39, 0.29) is 11.5 Å². The van der Waals surface area contributed by atoms with Crippen molar-refractivity contribution in [2.45, 2.75) is 13.5 Å². The summed E-state index contributed by atoms with van der Waals surface area (Å²) >= 11 is 0. The lowest BCUT2D eigenvalue weighted by Gasteiger charge is -2.05. The van der Waals surface area contributed by atoms with Crippen LogP contribution >= 0.6 is 0 Å². The third-order valence-electron chi connectivity index (χ3n) is 3.16. The average molecular weight is 282 g/mol. The summed E-state index contributed by atoms with van der Waals surface area (Å²) in [6.07, 6.45) is 1.40. The van der Waals surface area contributed by atoms with E-state index in [1.807, 2.05) is 25.1 Å². The van der Waals surface area contributed by atoms with Crippen molar-refractivity contribution in [1.29, 1.82) is 0 Å². The molecule has 0 aliphatic rings. The molecule has 0 radical (unpaired) electrons. The van der Waals surface area contributed by atoms with Crippen LogP contribution in [0.3, 0.4) is 0 Å². The summed E-state index contributed by atoms with van der Waals surface area (Å²) in [5, 5.41) is 2.81. The van der Waals surface area contributed by atoms with Crippen molar-refractivity contribution < 1.29 is 4.79 Å². The normalized spacial score (nSPS) is 10.7. The molecule has 0 atom stereocenters. The molecular formula is C15H14N4O2. The van der Waals surface area contributed by atoms with Gasteiger partial charge in [-0.05, 0) is 30.7 Å². The molecule has 6 nitrogen and oxygen atoms in total. The molecule has 0 unspecified atom stereocenters. The second-order valence-corrected chi connectivity index (χ2v) is 4.80. The van der Waals surface area contributed by atoms with E-state index in [0.717, 1.165) is 22.4 Å². The summed E-state index contributed by atoms with van der Waals surface area (Å²) in [6.45, 7) is 2.31. The first-order chi connectivity index (χ1) is 10.1. The molecule has 106 valence electrons. The average Bonchev–Trinajstić information content (AvgIpc) is 2.84. The van der Waals surface area contributed by atoms with Crippen LogP contribution in [0.25, 0.3) is 11.0 Å². The molecular weight excluding hydrogens is 268 g/mol. The molecule has 0 saturated carbocycles. The number of aromatic nitrogens is 3. The van der Waals surface area contributed by atoms with E-state index in [0.29, 0.717) is 12.1 Å². The number of nitrogens with one attached hydrogen (secondary N) is 3. The third-order valence-corrected chi connectivity index (χ3v) is 3.16. The SMILES string of the molecule is Cc1nc2ccc(CNC(=O)c3ccc(=O)[nH]c3)cc2[nH]1. The van der Waals surface area contributed by atoms with Crippen molar-refractivity contribution >= 4 is 16.9 Å². The maximum atomic E-state index is 11.9. The van der Waals surface area contributed by atoms with Crippen molar-refractivity contribution in [3.63, 3.8) is 0 Å². The van der Waals surface area contributed by atoms with Gasteiger partial charge in [-0.3, -0.25) is 9.59 Å². The van der Waals surface area contributed by atoms with Crippen molar-refractivity contribution in [3.8, 4) is 0 Å². The highest BCUT2D eigenvalue weighted by Crippen LogP contribution is 2.13. The topological polar surface area (TPSA) is 90.6 Å². The van der Waals surface area contributed by atoms with Gasteiger partial charge < -0.3 is 15.3 Å². The summed E-state index contributed by atoms with van der Waals surface area (Å²) in [5.74, 6) is 0.631. The van der Waals surface area contributed by atoms with Crippen LogP contribution in [0.15, 0.2) is 41.3 Å². The summed E-state index contributed by atoms with van der Waals surface area (Å²) in [5.41, 5.74) is 3.02. The standard InChI is InChI=1S/C15H14N4O2/c1-9-18-12-4-2-10(6-13(12)19-9)7-17-15(21)11-3-5-14(20)16-8-11/h2-6,8H,7H2,1H3,(H,16,20)(H,17,21)(H,18,19). The number of hydrogen-bond donors (Lipinski definition) is 3. The smallest absolute Gasteiger partial charge is 0.253 e. The number of hydrogen-bond acceptors (Lipinski definition) is 3. The molecule has 3 N–H and O–H groups in total. The van der Waals surface area contributed by atoms with Crippen molar-refractivity contribution in [3.05, 3.63) is 63.8 Å². The summed E-state index contributed by atoms with van der Waals surface area (Å²) < 4.78 is 0. The number of fused-ring (bicyclic) bond motifs is 1. The van der Waals surface area contributed by atoms with Gasteiger partial charge in [-0.2, -0.15) is 0 Å². The minimum absolute atomic E-state index is 0.230. The number of H-pyrrole nitrogens is 2. The number of rotatable bonds is 3. The maximum Gasteiger partial charge on any atom is 0.253 e. The highest BCUT2D eigenvalue weighted by Gasteiger charge is 2.06. The predicted octanol–water partition coefficient (Wildman–Crippen LogP) is 1.49. The predicted molar refractivity (Wildman–Crippen MR) is 79.1 cm³/mol. The van der Waals surface area contributed by atoms with Gasteiger partial charge in [0.15, 0.2) is 0 Å². The van der Waals surface area contributed by atoms with Gasteiger partial charge in [0.05, 0.1) is 16.6 Å². The van der Waals surface area contributed by atoms with Crippen LogP contribution < -0.4 is 10.9 Å². The number of nitrogens with zero attached hydrogens (tertiary/aromatic N) is 1. The number of aryl methyl sites for hydroxylation is 1. The molecule has 2 aromatic heterocycles. The lowest BCUT2D eigenvalue weighted by molar-refractivity contribution is 0.0950. The number of aromatic amines is 2. The molecule has 0 saturated heterocycles. The molecule has 0 spiro atoms. The first-order valence-corrected chi connectivity index (χ1v) is 6.54. The number of carbonyl (C=O) groups is 1. The number of imidazole rings is 1. The Hall–Kier alpha value is -2.89. The highest BCUT2D eigenvalue weighted by molar-refractivity contribution is 5.93. The molecule has 1 aromatic carbocycles. The van der Waals surface area contributed by atoms with Crippen LogP contribution in [0.5, 0.6) is 0 Å². The Balaban J connectivity index is 1.72. The fourth-order valence-electron chi connectivity index (χ4n) is 2.13.